The Kier molecular flexibility index (Phi) is 8.09. The highest BCUT2D eigenvalue weighted by atomic mass is 16.7. The maximum atomic E-state index is 12.3. The van der Waals surface area contributed by atoms with Gasteiger partial charge in [0, 0.05) is 19.0 Å². The highest BCUT2D eigenvalue weighted by molar-refractivity contribution is 5.90. The first-order valence-corrected chi connectivity index (χ1v) is 13.9. The van der Waals surface area contributed by atoms with Crippen LogP contribution in [0.2, 0.25) is 0 Å². The molecule has 2 aliphatic heterocycles. The molecule has 0 aliphatic carbocycles. The van der Waals surface area contributed by atoms with Crippen molar-refractivity contribution in [3.05, 3.63) is 102 Å². The largest absolute Gasteiger partial charge is 0.530 e. The molecule has 2 unspecified atom stereocenters. The molecule has 0 radical (unpaired) electrons. The summed E-state index contributed by atoms with van der Waals surface area (Å²) in [6, 6.07) is 26.9. The SMILES string of the molecule is O=C(OCCOc1ccc(C2CCN(C(=O)[O-])CC2OCc2ccc3ccccc3c2)cc1)c1ccc2c(c1)OCO2. The number of carbonyl (C=O) groups excluding carboxylic acids is 2. The number of nitrogens with zero attached hydrogens (tertiary/aromatic N) is 1. The molecule has 4 aromatic rings. The molecule has 0 bridgehead atoms. The van der Waals surface area contributed by atoms with Gasteiger partial charge in [0.2, 0.25) is 6.79 Å². The van der Waals surface area contributed by atoms with E-state index in [0.717, 1.165) is 21.9 Å². The van der Waals surface area contributed by atoms with Crippen LogP contribution in [0.25, 0.3) is 10.8 Å². The van der Waals surface area contributed by atoms with Gasteiger partial charge in [0.25, 0.3) is 0 Å². The van der Waals surface area contributed by atoms with E-state index < -0.39 is 12.1 Å². The molecule has 9 nitrogen and oxygen atoms in total. The van der Waals surface area contributed by atoms with E-state index in [2.05, 4.69) is 24.3 Å². The first-order chi connectivity index (χ1) is 20.5. The summed E-state index contributed by atoms with van der Waals surface area (Å²) in [5.74, 6) is 1.30. The van der Waals surface area contributed by atoms with Crippen molar-refractivity contribution in [2.75, 3.05) is 33.1 Å². The number of hydrogen-bond acceptors (Lipinski definition) is 8. The van der Waals surface area contributed by atoms with Gasteiger partial charge in [-0.1, -0.05) is 48.5 Å². The van der Waals surface area contributed by atoms with Crippen LogP contribution in [0.1, 0.15) is 33.8 Å². The van der Waals surface area contributed by atoms with Crippen molar-refractivity contribution in [1.29, 1.82) is 0 Å². The van der Waals surface area contributed by atoms with Crippen LogP contribution in [0, 0.1) is 0 Å². The quantitative estimate of drug-likeness (QED) is 0.214. The number of likely N-dealkylation sites (tertiary alicyclic amines) is 1. The van der Waals surface area contributed by atoms with Crippen LogP contribution in [0.4, 0.5) is 4.79 Å². The zero-order valence-corrected chi connectivity index (χ0v) is 22.9. The minimum absolute atomic E-state index is 0.0118. The van der Waals surface area contributed by atoms with Crippen LogP contribution in [-0.2, 0) is 16.1 Å². The second-order valence-electron chi connectivity index (χ2n) is 10.3. The number of amides is 1. The molecule has 4 aromatic carbocycles. The number of hydrogen-bond donors (Lipinski definition) is 0. The van der Waals surface area contributed by atoms with Gasteiger partial charge in [-0.3, -0.25) is 0 Å². The molecule has 0 spiro atoms. The summed E-state index contributed by atoms with van der Waals surface area (Å²) in [5.41, 5.74) is 2.45. The molecule has 9 heteroatoms. The summed E-state index contributed by atoms with van der Waals surface area (Å²) in [5, 5.41) is 13.9. The van der Waals surface area contributed by atoms with Gasteiger partial charge in [-0.15, -0.1) is 0 Å². The summed E-state index contributed by atoms with van der Waals surface area (Å²) < 4.78 is 28.0. The van der Waals surface area contributed by atoms with Crippen LogP contribution in [0.3, 0.4) is 0 Å². The van der Waals surface area contributed by atoms with E-state index in [0.29, 0.717) is 42.4 Å². The van der Waals surface area contributed by atoms with Gasteiger partial charge in [0.1, 0.15) is 25.1 Å². The molecule has 1 amide bonds. The van der Waals surface area contributed by atoms with Gasteiger partial charge in [-0.2, -0.15) is 0 Å². The smallest absolute Gasteiger partial charge is 0.338 e. The lowest BCUT2D eigenvalue weighted by atomic mass is 9.87. The average molecular weight is 569 g/mol. The Morgan fingerprint density at radius 1 is 0.881 bits per heavy atom. The third kappa shape index (κ3) is 6.26. The molecule has 2 atom stereocenters. The molecule has 1 fully saturated rings. The van der Waals surface area contributed by atoms with Gasteiger partial charge in [-0.25, -0.2) is 4.79 Å². The Morgan fingerprint density at radius 3 is 2.52 bits per heavy atom. The van der Waals surface area contributed by atoms with Crippen LogP contribution in [0.5, 0.6) is 17.2 Å². The Morgan fingerprint density at radius 2 is 1.69 bits per heavy atom. The molecule has 1 saturated heterocycles. The number of esters is 1. The maximum Gasteiger partial charge on any atom is 0.338 e. The summed E-state index contributed by atoms with van der Waals surface area (Å²) in [7, 11) is 0. The second-order valence-corrected chi connectivity index (χ2v) is 10.3. The first-order valence-electron chi connectivity index (χ1n) is 13.9. The Hall–Kier alpha value is -4.76. The predicted molar refractivity (Wildman–Crippen MR) is 152 cm³/mol. The third-order valence-electron chi connectivity index (χ3n) is 7.60. The number of carboxylic acid groups (broad SMARTS) is 1. The molecule has 2 heterocycles. The second kappa shape index (κ2) is 12.4. The number of rotatable bonds is 9. The molecular weight excluding hydrogens is 538 g/mol. The van der Waals surface area contributed by atoms with Crippen molar-refractivity contribution in [3.8, 4) is 17.2 Å². The van der Waals surface area contributed by atoms with Crippen molar-refractivity contribution >= 4 is 22.8 Å². The van der Waals surface area contributed by atoms with E-state index in [1.165, 1.54) is 4.90 Å². The van der Waals surface area contributed by atoms with E-state index >= 15 is 0 Å². The Balaban J connectivity index is 1.04. The highest BCUT2D eigenvalue weighted by Crippen LogP contribution is 2.33. The van der Waals surface area contributed by atoms with Crippen molar-refractivity contribution in [1.82, 2.24) is 4.90 Å². The van der Waals surface area contributed by atoms with Gasteiger partial charge >= 0.3 is 5.97 Å². The van der Waals surface area contributed by atoms with Gasteiger partial charge in [0.05, 0.1) is 18.3 Å². The third-order valence-corrected chi connectivity index (χ3v) is 7.60. The highest BCUT2D eigenvalue weighted by Gasteiger charge is 2.31. The molecule has 0 N–H and O–H groups in total. The maximum absolute atomic E-state index is 12.3. The van der Waals surface area contributed by atoms with E-state index in [1.807, 2.05) is 42.5 Å². The fourth-order valence-electron chi connectivity index (χ4n) is 5.38. The molecule has 0 saturated carbocycles. The average Bonchev–Trinajstić information content (AvgIpc) is 3.50. The first kappa shape index (κ1) is 27.4. The fraction of sp³-hybridized carbons (Fsp3) is 0.273. The van der Waals surface area contributed by atoms with E-state index in [-0.39, 0.29) is 38.6 Å². The number of ether oxygens (including phenoxy) is 5. The number of piperidine rings is 1. The Labute approximate surface area is 243 Å². The number of benzene rings is 4. The monoisotopic (exact) mass is 568 g/mol. The molecule has 42 heavy (non-hydrogen) atoms. The zero-order chi connectivity index (χ0) is 28.9. The van der Waals surface area contributed by atoms with Crippen LogP contribution < -0.4 is 19.3 Å². The normalized spacial score (nSPS) is 17.7. The van der Waals surface area contributed by atoms with Crippen LogP contribution in [-0.4, -0.2) is 56.2 Å². The van der Waals surface area contributed by atoms with E-state index in [4.69, 9.17) is 23.7 Å². The lowest BCUT2D eigenvalue weighted by Crippen LogP contribution is -2.51. The van der Waals surface area contributed by atoms with Crippen LogP contribution >= 0.6 is 0 Å². The lowest BCUT2D eigenvalue weighted by molar-refractivity contribution is -0.268. The number of carbonyl (C=O) groups is 2. The molecule has 0 aromatic heterocycles. The Bertz CT molecular complexity index is 1570. The van der Waals surface area contributed by atoms with E-state index in [1.54, 1.807) is 18.2 Å². The topological polar surface area (TPSA) is 107 Å². The lowest BCUT2D eigenvalue weighted by Gasteiger charge is -2.40. The molecule has 2 aliphatic rings. The summed E-state index contributed by atoms with van der Waals surface area (Å²) in [6.07, 6.45) is -0.895. The molecule has 6 rings (SSSR count). The minimum atomic E-state index is -1.18. The van der Waals surface area contributed by atoms with Crippen molar-refractivity contribution in [2.45, 2.75) is 25.0 Å². The van der Waals surface area contributed by atoms with Crippen molar-refractivity contribution in [3.63, 3.8) is 0 Å². The molecule has 216 valence electrons. The van der Waals surface area contributed by atoms with Gasteiger partial charge in [0.15, 0.2) is 11.5 Å². The summed E-state index contributed by atoms with van der Waals surface area (Å²) >= 11 is 0. The number of fused-ring (bicyclic) bond motifs is 2. The van der Waals surface area contributed by atoms with Crippen LogP contribution in [0.15, 0.2) is 84.9 Å². The standard InChI is InChI=1S/C33H31NO8/c35-32(26-9-12-29-30(18-26)42-21-41-29)39-16-15-38-27-10-7-24(8-11-27)28-13-14-34(33(36)37)19-31(28)40-20-22-5-6-23-3-1-2-4-25(23)17-22/h1-12,17-18,28,31H,13-16,19-21H2,(H,36,37)/p-1. The molecular formula is C33H30NO8-. The summed E-state index contributed by atoms with van der Waals surface area (Å²) in [6.45, 7) is 1.42. The van der Waals surface area contributed by atoms with Crippen molar-refractivity contribution < 1.29 is 38.4 Å². The minimum Gasteiger partial charge on any atom is -0.530 e. The van der Waals surface area contributed by atoms with Gasteiger partial charge < -0.3 is 38.5 Å². The van der Waals surface area contributed by atoms with E-state index in [9.17, 15) is 14.7 Å². The zero-order valence-electron chi connectivity index (χ0n) is 22.9. The predicted octanol–water partition coefficient (Wildman–Crippen LogP) is 4.52. The fourth-order valence-corrected chi connectivity index (χ4v) is 5.38. The van der Waals surface area contributed by atoms with Crippen molar-refractivity contribution in [2.24, 2.45) is 0 Å². The summed E-state index contributed by atoms with van der Waals surface area (Å²) in [4.78, 5) is 25.3. The van der Waals surface area contributed by atoms with Gasteiger partial charge in [-0.05, 0) is 64.7 Å².